The second kappa shape index (κ2) is 11.2. The van der Waals surface area contributed by atoms with Crippen molar-refractivity contribution >= 4 is 29.1 Å². The van der Waals surface area contributed by atoms with Crippen LogP contribution in [0.3, 0.4) is 0 Å². The van der Waals surface area contributed by atoms with Gasteiger partial charge in [0.05, 0.1) is 5.69 Å². The molecule has 40 heavy (non-hydrogen) atoms. The molecule has 208 valence electrons. The van der Waals surface area contributed by atoms with E-state index < -0.39 is 18.7 Å². The normalized spacial score (nSPS) is 13.2. The number of alkyl halides is 3. The lowest BCUT2D eigenvalue weighted by molar-refractivity contribution is -0.153. The Hall–Kier alpha value is -4.61. The number of carbonyl (C=O) groups excluding carboxylic acids is 2. The minimum atomic E-state index is -4.56. The molecule has 9 nitrogen and oxygen atoms in total. The van der Waals surface area contributed by atoms with Crippen LogP contribution in [0.5, 0.6) is 5.75 Å². The minimum Gasteiger partial charge on any atom is -0.482 e. The summed E-state index contributed by atoms with van der Waals surface area (Å²) < 4.78 is 45.1. The summed E-state index contributed by atoms with van der Waals surface area (Å²) in [5.74, 6) is 0.0294. The van der Waals surface area contributed by atoms with Crippen LogP contribution in [-0.2, 0) is 0 Å². The number of pyridine rings is 1. The van der Waals surface area contributed by atoms with E-state index in [4.69, 9.17) is 4.74 Å². The third-order valence-corrected chi connectivity index (χ3v) is 6.28. The standard InChI is InChI=1S/C28H27F3N6O3/c1-2-32-26(39)20-9-11-22(23(13-20)40-16-28(29,30)31)34-27-35-24-12-10-21(15-37(24)36-27)18-5-7-19(8-6-18)25(38)33-14-17-3-4-17/h5-13,15,17H,2-4,14,16H2,1H3,(H,32,39)(H,33,38)(H,34,36). The number of nitrogens with one attached hydrogen (secondary N) is 3. The summed E-state index contributed by atoms with van der Waals surface area (Å²) in [7, 11) is 0. The first kappa shape index (κ1) is 27.0. The lowest BCUT2D eigenvalue weighted by Crippen LogP contribution is -2.25. The van der Waals surface area contributed by atoms with Gasteiger partial charge < -0.3 is 20.7 Å². The van der Waals surface area contributed by atoms with E-state index in [1.54, 1.807) is 31.3 Å². The number of benzene rings is 2. The predicted molar refractivity (Wildman–Crippen MR) is 143 cm³/mol. The molecule has 0 saturated heterocycles. The number of fused-ring (bicyclic) bond motifs is 1. The second-order valence-electron chi connectivity index (χ2n) is 9.49. The Bertz CT molecular complexity index is 1530. The van der Waals surface area contributed by atoms with E-state index in [1.807, 2.05) is 18.2 Å². The Morgan fingerprint density at radius 3 is 2.38 bits per heavy atom. The van der Waals surface area contributed by atoms with Crippen LogP contribution in [0.15, 0.2) is 60.8 Å². The number of carbonyl (C=O) groups is 2. The molecule has 0 aliphatic heterocycles. The van der Waals surface area contributed by atoms with Crippen LogP contribution in [0.1, 0.15) is 40.5 Å². The van der Waals surface area contributed by atoms with E-state index in [-0.39, 0.29) is 28.9 Å². The zero-order valence-electron chi connectivity index (χ0n) is 21.6. The summed E-state index contributed by atoms with van der Waals surface area (Å²) in [6.45, 7) is 1.28. The van der Waals surface area contributed by atoms with Gasteiger partial charge in [-0.05, 0) is 73.7 Å². The topological polar surface area (TPSA) is 110 Å². The Morgan fingerprint density at radius 2 is 1.68 bits per heavy atom. The Kier molecular flexibility index (Phi) is 7.58. The van der Waals surface area contributed by atoms with E-state index in [1.165, 1.54) is 22.7 Å². The van der Waals surface area contributed by atoms with Crippen molar-refractivity contribution in [1.82, 2.24) is 25.2 Å². The summed E-state index contributed by atoms with van der Waals surface area (Å²) in [6, 6.07) is 15.0. The number of halogens is 3. The maximum atomic E-state index is 12.9. The van der Waals surface area contributed by atoms with Gasteiger partial charge in [0.15, 0.2) is 12.3 Å². The first-order valence-electron chi connectivity index (χ1n) is 12.8. The lowest BCUT2D eigenvalue weighted by Gasteiger charge is -2.14. The van der Waals surface area contributed by atoms with Crippen molar-refractivity contribution in [3.05, 3.63) is 71.9 Å². The molecule has 2 aromatic carbocycles. The Morgan fingerprint density at radius 1 is 0.975 bits per heavy atom. The highest BCUT2D eigenvalue weighted by atomic mass is 19.4. The van der Waals surface area contributed by atoms with Gasteiger partial charge in [-0.3, -0.25) is 9.59 Å². The lowest BCUT2D eigenvalue weighted by atomic mass is 10.1. The number of ether oxygens (including phenoxy) is 1. The van der Waals surface area contributed by atoms with Crippen molar-refractivity contribution in [3.8, 4) is 16.9 Å². The van der Waals surface area contributed by atoms with Gasteiger partial charge >= 0.3 is 6.18 Å². The fourth-order valence-electron chi connectivity index (χ4n) is 4.01. The van der Waals surface area contributed by atoms with Gasteiger partial charge in [0.25, 0.3) is 11.8 Å². The quantitative estimate of drug-likeness (QED) is 0.256. The SMILES string of the molecule is CCNC(=O)c1ccc(Nc2nc3ccc(-c4ccc(C(=O)NCC5CC5)cc4)cn3n2)c(OCC(F)(F)F)c1. The molecule has 0 bridgehead atoms. The molecule has 2 amide bonds. The zero-order chi connectivity index (χ0) is 28.3. The number of nitrogens with zero attached hydrogens (tertiary/aromatic N) is 3. The number of hydrogen-bond acceptors (Lipinski definition) is 6. The van der Waals surface area contributed by atoms with Crippen molar-refractivity contribution in [1.29, 1.82) is 0 Å². The van der Waals surface area contributed by atoms with Gasteiger partial charge in [0, 0.05) is 36.0 Å². The first-order valence-corrected chi connectivity index (χ1v) is 12.8. The van der Waals surface area contributed by atoms with E-state index in [9.17, 15) is 22.8 Å². The summed E-state index contributed by atoms with van der Waals surface area (Å²) >= 11 is 0. The molecule has 0 unspecified atom stereocenters. The van der Waals surface area contributed by atoms with E-state index in [0.29, 0.717) is 30.2 Å². The maximum absolute atomic E-state index is 12.9. The third kappa shape index (κ3) is 6.68. The largest absolute Gasteiger partial charge is 0.482 e. The van der Waals surface area contributed by atoms with Crippen LogP contribution >= 0.6 is 0 Å². The van der Waals surface area contributed by atoms with Crippen LogP contribution in [-0.4, -0.2) is 52.3 Å². The van der Waals surface area contributed by atoms with Gasteiger partial charge in [-0.2, -0.15) is 18.2 Å². The summed E-state index contributed by atoms with van der Waals surface area (Å²) in [4.78, 5) is 28.9. The number of aromatic nitrogens is 3. The smallest absolute Gasteiger partial charge is 0.422 e. The highest BCUT2D eigenvalue weighted by molar-refractivity contribution is 5.95. The molecule has 1 fully saturated rings. The highest BCUT2D eigenvalue weighted by Crippen LogP contribution is 2.31. The van der Waals surface area contributed by atoms with E-state index in [0.717, 1.165) is 24.0 Å². The summed E-state index contributed by atoms with van der Waals surface area (Å²) in [6.07, 6.45) is -0.471. The Balaban J connectivity index is 1.34. The van der Waals surface area contributed by atoms with Gasteiger partial charge in [-0.15, -0.1) is 5.10 Å². The third-order valence-electron chi connectivity index (χ3n) is 6.28. The molecule has 1 saturated carbocycles. The van der Waals surface area contributed by atoms with Crippen molar-refractivity contribution in [2.75, 3.05) is 25.0 Å². The van der Waals surface area contributed by atoms with Gasteiger partial charge in [0.1, 0.15) is 5.75 Å². The maximum Gasteiger partial charge on any atom is 0.422 e. The molecule has 2 aromatic heterocycles. The molecule has 12 heteroatoms. The molecular weight excluding hydrogens is 525 g/mol. The van der Waals surface area contributed by atoms with Crippen LogP contribution < -0.4 is 20.7 Å². The second-order valence-corrected chi connectivity index (χ2v) is 9.49. The van der Waals surface area contributed by atoms with Crippen molar-refractivity contribution in [2.24, 2.45) is 5.92 Å². The number of anilines is 2. The molecule has 0 atom stereocenters. The summed E-state index contributed by atoms with van der Waals surface area (Å²) in [5, 5.41) is 12.8. The Labute approximate surface area is 227 Å². The van der Waals surface area contributed by atoms with Crippen LogP contribution in [0.25, 0.3) is 16.8 Å². The van der Waals surface area contributed by atoms with Crippen LogP contribution in [0.4, 0.5) is 24.8 Å². The number of amides is 2. The molecule has 0 radical (unpaired) electrons. The highest BCUT2D eigenvalue weighted by Gasteiger charge is 2.29. The number of hydrogen-bond donors (Lipinski definition) is 3. The zero-order valence-corrected chi connectivity index (χ0v) is 21.6. The van der Waals surface area contributed by atoms with E-state index >= 15 is 0 Å². The fraction of sp³-hybridized carbons (Fsp3) is 0.286. The molecule has 0 spiro atoms. The van der Waals surface area contributed by atoms with Crippen molar-refractivity contribution in [3.63, 3.8) is 0 Å². The molecular formula is C28H27F3N6O3. The van der Waals surface area contributed by atoms with Crippen LogP contribution in [0.2, 0.25) is 0 Å². The molecule has 1 aliphatic rings. The number of rotatable bonds is 10. The van der Waals surface area contributed by atoms with Gasteiger partial charge in [-0.1, -0.05) is 12.1 Å². The molecule has 2 heterocycles. The van der Waals surface area contributed by atoms with Gasteiger partial charge in [-0.25, -0.2) is 4.52 Å². The van der Waals surface area contributed by atoms with Crippen molar-refractivity contribution < 1.29 is 27.5 Å². The fourth-order valence-corrected chi connectivity index (χ4v) is 4.01. The average Bonchev–Trinajstić information content (AvgIpc) is 3.68. The first-order chi connectivity index (χ1) is 19.2. The van der Waals surface area contributed by atoms with Crippen molar-refractivity contribution in [2.45, 2.75) is 25.9 Å². The molecule has 3 N–H and O–H groups in total. The minimum absolute atomic E-state index is 0.0986. The van der Waals surface area contributed by atoms with Gasteiger partial charge in [0.2, 0.25) is 5.95 Å². The average molecular weight is 553 g/mol. The molecule has 4 aromatic rings. The predicted octanol–water partition coefficient (Wildman–Crippen LogP) is 4.97. The molecule has 1 aliphatic carbocycles. The molecule has 5 rings (SSSR count). The monoisotopic (exact) mass is 552 g/mol. The summed E-state index contributed by atoms with van der Waals surface area (Å²) in [5.41, 5.74) is 3.11. The van der Waals surface area contributed by atoms with E-state index in [2.05, 4.69) is 26.0 Å². The van der Waals surface area contributed by atoms with Crippen LogP contribution in [0, 0.1) is 5.92 Å².